The first-order valence-electron chi connectivity index (χ1n) is 12.3. The highest BCUT2D eigenvalue weighted by atomic mass is 79.9. The molecule has 1 N–H and O–H groups in total. The van der Waals surface area contributed by atoms with Crippen LogP contribution in [0.3, 0.4) is 0 Å². The fourth-order valence-corrected chi connectivity index (χ4v) is 4.61. The number of aromatic carboxylic acids is 1. The predicted molar refractivity (Wildman–Crippen MR) is 156 cm³/mol. The molecule has 0 unspecified atom stereocenters. The van der Waals surface area contributed by atoms with Gasteiger partial charge in [0, 0.05) is 9.86 Å². The highest BCUT2D eigenvalue weighted by molar-refractivity contribution is 9.10. The molecule has 6 rings (SSSR count). The lowest BCUT2D eigenvalue weighted by Gasteiger charge is -2.08. The Morgan fingerprint density at radius 3 is 2.65 bits per heavy atom. The Bertz CT molecular complexity index is 1980. The zero-order chi connectivity index (χ0) is 27.6. The molecule has 0 atom stereocenters. The van der Waals surface area contributed by atoms with Gasteiger partial charge in [-0.25, -0.2) is 9.78 Å². The Hall–Kier alpha value is -5.02. The van der Waals surface area contributed by atoms with Gasteiger partial charge in [-0.2, -0.15) is 9.78 Å². The minimum atomic E-state index is -0.975. The fourth-order valence-electron chi connectivity index (χ4n) is 4.23. The minimum absolute atomic E-state index is 0.218. The molecular formula is C31H20BrN3O5. The number of ether oxygens (including phenoxy) is 1. The van der Waals surface area contributed by atoms with Crippen LogP contribution in [-0.4, -0.2) is 27.0 Å². The van der Waals surface area contributed by atoms with E-state index in [9.17, 15) is 9.59 Å². The zero-order valence-electron chi connectivity index (χ0n) is 20.8. The SMILES string of the molecule is O=C(O)c1ccc(COc2cccc(C=Nn3c(-c4cc5cc(Br)ccc5o4)nc4ccccc4c3=O)c2)cc1. The van der Waals surface area contributed by atoms with Crippen molar-refractivity contribution in [2.45, 2.75) is 6.61 Å². The average Bonchev–Trinajstić information content (AvgIpc) is 3.39. The highest BCUT2D eigenvalue weighted by Gasteiger charge is 2.16. The predicted octanol–water partition coefficient (Wildman–Crippen LogP) is 6.73. The molecule has 0 amide bonds. The Labute approximate surface area is 235 Å². The number of aromatic nitrogens is 2. The molecule has 9 heteroatoms. The molecule has 0 saturated carbocycles. The molecule has 0 aliphatic rings. The van der Waals surface area contributed by atoms with Crippen molar-refractivity contribution in [3.8, 4) is 17.3 Å². The smallest absolute Gasteiger partial charge is 0.335 e. The van der Waals surface area contributed by atoms with Crippen molar-refractivity contribution in [1.82, 2.24) is 9.66 Å². The Morgan fingerprint density at radius 2 is 1.82 bits per heavy atom. The van der Waals surface area contributed by atoms with Crippen LogP contribution in [0.1, 0.15) is 21.5 Å². The van der Waals surface area contributed by atoms with Crippen molar-refractivity contribution >= 4 is 50.0 Å². The van der Waals surface area contributed by atoms with E-state index >= 15 is 0 Å². The van der Waals surface area contributed by atoms with Crippen molar-refractivity contribution in [2.75, 3.05) is 0 Å². The normalized spacial score (nSPS) is 11.4. The van der Waals surface area contributed by atoms with E-state index in [0.29, 0.717) is 33.6 Å². The number of nitrogens with zero attached hydrogens (tertiary/aromatic N) is 3. The van der Waals surface area contributed by atoms with Gasteiger partial charge in [0.05, 0.1) is 22.7 Å². The van der Waals surface area contributed by atoms with Gasteiger partial charge in [0.2, 0.25) is 5.82 Å². The standard InChI is InChI=1S/C31H20BrN3O5/c32-23-12-13-27-22(15-23)16-28(40-27)29-34-26-7-2-1-6-25(26)30(36)35(29)33-17-20-4-3-5-24(14-20)39-18-19-8-10-21(11-9-19)31(37)38/h1-17H,18H2,(H,37,38). The minimum Gasteiger partial charge on any atom is -0.489 e. The second kappa shape index (κ2) is 10.6. The van der Waals surface area contributed by atoms with E-state index in [1.165, 1.54) is 16.8 Å². The number of rotatable bonds is 7. The number of hydrogen-bond donors (Lipinski definition) is 1. The first-order valence-corrected chi connectivity index (χ1v) is 13.0. The summed E-state index contributed by atoms with van der Waals surface area (Å²) in [5.74, 6) is 0.318. The van der Waals surface area contributed by atoms with Crippen LogP contribution in [0.25, 0.3) is 33.5 Å². The van der Waals surface area contributed by atoms with Crippen molar-refractivity contribution in [1.29, 1.82) is 0 Å². The summed E-state index contributed by atoms with van der Waals surface area (Å²) in [6, 6.07) is 28.4. The van der Waals surface area contributed by atoms with E-state index in [2.05, 4.69) is 21.0 Å². The van der Waals surface area contributed by atoms with E-state index in [-0.39, 0.29) is 23.6 Å². The third kappa shape index (κ3) is 5.14. The van der Waals surface area contributed by atoms with Gasteiger partial charge in [-0.05, 0) is 71.8 Å². The van der Waals surface area contributed by atoms with E-state index in [1.807, 2.05) is 48.5 Å². The van der Waals surface area contributed by atoms with Gasteiger partial charge >= 0.3 is 5.97 Å². The quantitative estimate of drug-likeness (QED) is 0.206. The number of carbonyl (C=O) groups is 1. The maximum Gasteiger partial charge on any atom is 0.335 e. The summed E-state index contributed by atoms with van der Waals surface area (Å²) < 4.78 is 14.1. The van der Waals surface area contributed by atoms with Crippen LogP contribution in [-0.2, 0) is 6.61 Å². The molecule has 2 heterocycles. The maximum absolute atomic E-state index is 13.5. The zero-order valence-corrected chi connectivity index (χ0v) is 22.4. The van der Waals surface area contributed by atoms with Crippen LogP contribution >= 0.6 is 15.9 Å². The summed E-state index contributed by atoms with van der Waals surface area (Å²) in [5, 5.41) is 14.9. The van der Waals surface area contributed by atoms with E-state index in [4.69, 9.17) is 19.2 Å². The van der Waals surface area contributed by atoms with E-state index in [1.54, 1.807) is 42.6 Å². The van der Waals surface area contributed by atoms with Crippen LogP contribution in [0.5, 0.6) is 5.75 Å². The lowest BCUT2D eigenvalue weighted by Crippen LogP contribution is -2.20. The van der Waals surface area contributed by atoms with Crippen LogP contribution in [0.2, 0.25) is 0 Å². The molecule has 40 heavy (non-hydrogen) atoms. The third-order valence-electron chi connectivity index (χ3n) is 6.24. The van der Waals surface area contributed by atoms with Gasteiger partial charge < -0.3 is 14.3 Å². The average molecular weight is 594 g/mol. The lowest BCUT2D eigenvalue weighted by atomic mass is 10.1. The molecule has 4 aromatic carbocycles. The molecule has 196 valence electrons. The Balaban J connectivity index is 1.33. The molecule has 0 radical (unpaired) electrons. The first kappa shape index (κ1) is 25.3. The molecule has 0 aliphatic heterocycles. The van der Waals surface area contributed by atoms with Gasteiger partial charge in [0.1, 0.15) is 17.9 Å². The van der Waals surface area contributed by atoms with Gasteiger partial charge in [-0.15, -0.1) is 0 Å². The third-order valence-corrected chi connectivity index (χ3v) is 6.73. The number of hydrogen-bond acceptors (Lipinski definition) is 6. The van der Waals surface area contributed by atoms with Gasteiger partial charge in [-0.1, -0.05) is 52.3 Å². The second-order valence-corrected chi connectivity index (χ2v) is 9.89. The number of carboxylic acids is 1. The van der Waals surface area contributed by atoms with Crippen molar-refractivity contribution in [3.05, 3.63) is 129 Å². The number of para-hydroxylation sites is 1. The van der Waals surface area contributed by atoms with E-state index < -0.39 is 5.97 Å². The summed E-state index contributed by atoms with van der Waals surface area (Å²) >= 11 is 3.48. The largest absolute Gasteiger partial charge is 0.489 e. The summed E-state index contributed by atoms with van der Waals surface area (Å²) in [4.78, 5) is 29.3. The number of fused-ring (bicyclic) bond motifs is 2. The molecule has 6 aromatic rings. The maximum atomic E-state index is 13.5. The molecule has 0 bridgehead atoms. The van der Waals surface area contributed by atoms with E-state index in [0.717, 1.165) is 15.4 Å². The van der Waals surface area contributed by atoms with Crippen LogP contribution < -0.4 is 10.3 Å². The molecule has 0 fully saturated rings. The van der Waals surface area contributed by atoms with Crippen molar-refractivity contribution < 1.29 is 19.1 Å². The summed E-state index contributed by atoms with van der Waals surface area (Å²) in [6.45, 7) is 0.265. The highest BCUT2D eigenvalue weighted by Crippen LogP contribution is 2.29. The number of carboxylic acid groups (broad SMARTS) is 1. The molecule has 2 aromatic heterocycles. The molecule has 0 spiro atoms. The Morgan fingerprint density at radius 1 is 1.00 bits per heavy atom. The van der Waals surface area contributed by atoms with Gasteiger partial charge in [-0.3, -0.25) is 4.79 Å². The number of furan rings is 1. The number of benzene rings is 4. The lowest BCUT2D eigenvalue weighted by molar-refractivity contribution is 0.0697. The molecule has 8 nitrogen and oxygen atoms in total. The first-order chi connectivity index (χ1) is 19.4. The number of halogens is 1. The van der Waals surface area contributed by atoms with Crippen LogP contribution in [0.15, 0.2) is 116 Å². The van der Waals surface area contributed by atoms with Crippen molar-refractivity contribution in [2.24, 2.45) is 5.10 Å². The summed E-state index contributed by atoms with van der Waals surface area (Å²) in [5.41, 5.74) is 2.64. The monoisotopic (exact) mass is 593 g/mol. The topological polar surface area (TPSA) is 107 Å². The van der Waals surface area contributed by atoms with Gasteiger partial charge in [0.25, 0.3) is 5.56 Å². The molecule has 0 saturated heterocycles. The fraction of sp³-hybridized carbons (Fsp3) is 0.0323. The molecule has 0 aliphatic carbocycles. The molecular weight excluding hydrogens is 574 g/mol. The van der Waals surface area contributed by atoms with Crippen LogP contribution in [0, 0.1) is 0 Å². The summed E-state index contributed by atoms with van der Waals surface area (Å²) in [7, 11) is 0. The summed E-state index contributed by atoms with van der Waals surface area (Å²) in [6.07, 6.45) is 1.56. The second-order valence-electron chi connectivity index (χ2n) is 8.97. The van der Waals surface area contributed by atoms with Crippen LogP contribution in [0.4, 0.5) is 0 Å². The van der Waals surface area contributed by atoms with Gasteiger partial charge in [0.15, 0.2) is 5.76 Å². The van der Waals surface area contributed by atoms with Crippen molar-refractivity contribution in [3.63, 3.8) is 0 Å². The Kier molecular flexibility index (Phi) is 6.71.